The Morgan fingerprint density at radius 3 is 2.48 bits per heavy atom. The molecule has 0 aliphatic carbocycles. The molecule has 1 fully saturated rings. The number of ether oxygens (including phenoxy) is 1. The van der Waals surface area contributed by atoms with Crippen molar-refractivity contribution in [3.8, 4) is 5.75 Å². The van der Waals surface area contributed by atoms with Crippen LogP contribution >= 0.6 is 0 Å². The normalized spacial score (nSPS) is 14.3. The fourth-order valence-electron chi connectivity index (χ4n) is 3.72. The monoisotopic (exact) mass is 366 g/mol. The minimum atomic E-state index is 0.257. The minimum absolute atomic E-state index is 0.257. The van der Waals surface area contributed by atoms with E-state index in [1.165, 1.54) is 16.7 Å². The Labute approximate surface area is 162 Å². The van der Waals surface area contributed by atoms with Gasteiger partial charge in [-0.1, -0.05) is 35.9 Å². The van der Waals surface area contributed by atoms with Crippen molar-refractivity contribution in [3.05, 3.63) is 59.2 Å². The molecule has 1 aliphatic rings. The maximum absolute atomic E-state index is 12.6. The van der Waals surface area contributed by atoms with Gasteiger partial charge in [0.05, 0.1) is 12.3 Å². The lowest BCUT2D eigenvalue weighted by Crippen LogP contribution is -2.49. The van der Waals surface area contributed by atoms with Crippen LogP contribution in [0.4, 0.5) is 5.69 Å². The van der Waals surface area contributed by atoms with Crippen molar-refractivity contribution in [1.82, 2.24) is 4.90 Å². The lowest BCUT2D eigenvalue weighted by Gasteiger charge is -2.36. The predicted octanol–water partition coefficient (Wildman–Crippen LogP) is 3.98. The molecule has 4 heteroatoms. The highest BCUT2D eigenvalue weighted by Gasteiger charge is 2.22. The molecule has 1 amide bonds. The third-order valence-electron chi connectivity index (χ3n) is 5.24. The van der Waals surface area contributed by atoms with Gasteiger partial charge in [-0.25, -0.2) is 0 Å². The van der Waals surface area contributed by atoms with Crippen molar-refractivity contribution >= 4 is 11.6 Å². The Morgan fingerprint density at radius 2 is 1.78 bits per heavy atom. The molecule has 0 saturated carbocycles. The molecule has 0 bridgehead atoms. The molecule has 144 valence electrons. The van der Waals surface area contributed by atoms with Crippen molar-refractivity contribution < 1.29 is 9.53 Å². The zero-order valence-corrected chi connectivity index (χ0v) is 16.7. The van der Waals surface area contributed by atoms with Gasteiger partial charge in [-0.2, -0.15) is 0 Å². The number of piperazine rings is 1. The predicted molar refractivity (Wildman–Crippen MR) is 111 cm³/mol. The van der Waals surface area contributed by atoms with E-state index in [-0.39, 0.29) is 5.91 Å². The van der Waals surface area contributed by atoms with Crippen molar-refractivity contribution in [2.45, 2.75) is 33.6 Å². The number of hydrogen-bond donors (Lipinski definition) is 0. The topological polar surface area (TPSA) is 32.8 Å². The van der Waals surface area contributed by atoms with Gasteiger partial charge in [0.2, 0.25) is 5.91 Å². The molecule has 0 aromatic heterocycles. The van der Waals surface area contributed by atoms with Gasteiger partial charge in [0.1, 0.15) is 5.75 Å². The van der Waals surface area contributed by atoms with E-state index in [1.54, 1.807) is 0 Å². The highest BCUT2D eigenvalue weighted by molar-refractivity contribution is 5.77. The van der Waals surface area contributed by atoms with Crippen LogP contribution in [0.25, 0.3) is 0 Å². The summed E-state index contributed by atoms with van der Waals surface area (Å²) in [5.41, 5.74) is 4.95. The van der Waals surface area contributed by atoms with Gasteiger partial charge in [0, 0.05) is 32.6 Å². The van der Waals surface area contributed by atoms with Crippen LogP contribution < -0.4 is 9.64 Å². The quantitative estimate of drug-likeness (QED) is 0.775. The average Bonchev–Trinajstić information content (AvgIpc) is 2.68. The molecule has 1 aliphatic heterocycles. The smallest absolute Gasteiger partial charge is 0.223 e. The molecule has 3 rings (SSSR count). The van der Waals surface area contributed by atoms with E-state index in [1.807, 2.05) is 30.0 Å². The minimum Gasteiger partial charge on any atom is -0.492 e. The molecule has 1 heterocycles. The number of aryl methyl sites for hydroxylation is 3. The summed E-state index contributed by atoms with van der Waals surface area (Å²) < 4.78 is 5.75. The fourth-order valence-corrected chi connectivity index (χ4v) is 3.72. The number of carbonyl (C=O) groups excluding carboxylic acids is 1. The second-order valence-electron chi connectivity index (χ2n) is 7.20. The summed E-state index contributed by atoms with van der Waals surface area (Å²) in [5, 5.41) is 0. The molecule has 27 heavy (non-hydrogen) atoms. The van der Waals surface area contributed by atoms with Gasteiger partial charge >= 0.3 is 0 Å². The Kier molecular flexibility index (Phi) is 6.38. The van der Waals surface area contributed by atoms with E-state index >= 15 is 0 Å². The molecule has 0 N–H and O–H groups in total. The molecular formula is C23H30N2O2. The van der Waals surface area contributed by atoms with E-state index in [0.29, 0.717) is 13.0 Å². The van der Waals surface area contributed by atoms with Crippen LogP contribution in [0.5, 0.6) is 5.75 Å². The molecule has 0 spiro atoms. The average molecular weight is 367 g/mol. The summed E-state index contributed by atoms with van der Waals surface area (Å²) in [4.78, 5) is 17.0. The van der Waals surface area contributed by atoms with Crippen LogP contribution in [-0.2, 0) is 11.2 Å². The van der Waals surface area contributed by atoms with Crippen LogP contribution in [0.1, 0.15) is 30.0 Å². The number of para-hydroxylation sites is 2. The number of nitrogens with zero attached hydrogens (tertiary/aromatic N) is 2. The number of rotatable bonds is 6. The lowest BCUT2D eigenvalue weighted by atomic mass is 10.0. The number of amides is 1. The molecule has 0 unspecified atom stereocenters. The second kappa shape index (κ2) is 8.94. The second-order valence-corrected chi connectivity index (χ2v) is 7.20. The molecule has 2 aromatic carbocycles. The van der Waals surface area contributed by atoms with Crippen LogP contribution in [-0.4, -0.2) is 43.6 Å². The van der Waals surface area contributed by atoms with Gasteiger partial charge in [0.25, 0.3) is 0 Å². The van der Waals surface area contributed by atoms with Gasteiger partial charge in [-0.05, 0) is 50.5 Å². The van der Waals surface area contributed by atoms with E-state index in [0.717, 1.165) is 44.0 Å². The van der Waals surface area contributed by atoms with E-state index in [4.69, 9.17) is 4.74 Å². The number of carbonyl (C=O) groups is 1. The Morgan fingerprint density at radius 1 is 1.04 bits per heavy atom. The Hall–Kier alpha value is -2.49. The van der Waals surface area contributed by atoms with Gasteiger partial charge in [-0.15, -0.1) is 0 Å². The van der Waals surface area contributed by atoms with Crippen LogP contribution in [0.15, 0.2) is 42.5 Å². The molecule has 2 aromatic rings. The Bertz CT molecular complexity index is 780. The van der Waals surface area contributed by atoms with E-state index < -0.39 is 0 Å². The summed E-state index contributed by atoms with van der Waals surface area (Å²) in [7, 11) is 0. The third kappa shape index (κ3) is 4.82. The fraction of sp³-hybridized carbons (Fsp3) is 0.435. The zero-order chi connectivity index (χ0) is 19.2. The molecule has 4 nitrogen and oxygen atoms in total. The van der Waals surface area contributed by atoms with Crippen molar-refractivity contribution in [2.24, 2.45) is 0 Å². The first-order valence-corrected chi connectivity index (χ1v) is 9.89. The van der Waals surface area contributed by atoms with Crippen LogP contribution in [0.3, 0.4) is 0 Å². The highest BCUT2D eigenvalue weighted by Crippen LogP contribution is 2.29. The first-order chi connectivity index (χ1) is 13.1. The van der Waals surface area contributed by atoms with Gasteiger partial charge < -0.3 is 14.5 Å². The van der Waals surface area contributed by atoms with Crippen molar-refractivity contribution in [1.29, 1.82) is 0 Å². The molecule has 1 saturated heterocycles. The van der Waals surface area contributed by atoms with Gasteiger partial charge in [-0.3, -0.25) is 4.79 Å². The van der Waals surface area contributed by atoms with Crippen LogP contribution in [0.2, 0.25) is 0 Å². The first-order valence-electron chi connectivity index (χ1n) is 9.89. The van der Waals surface area contributed by atoms with Crippen molar-refractivity contribution in [2.75, 3.05) is 37.7 Å². The number of hydrogen-bond acceptors (Lipinski definition) is 3. The first kappa shape index (κ1) is 19.3. The molecular weight excluding hydrogens is 336 g/mol. The number of anilines is 1. The Balaban J connectivity index is 1.53. The summed E-state index contributed by atoms with van der Waals surface area (Å²) in [6, 6.07) is 14.6. The van der Waals surface area contributed by atoms with Crippen molar-refractivity contribution in [3.63, 3.8) is 0 Å². The maximum Gasteiger partial charge on any atom is 0.223 e. The van der Waals surface area contributed by atoms with Crippen LogP contribution in [0, 0.1) is 13.8 Å². The van der Waals surface area contributed by atoms with E-state index in [2.05, 4.69) is 43.0 Å². The summed E-state index contributed by atoms with van der Waals surface area (Å²) >= 11 is 0. The third-order valence-corrected chi connectivity index (χ3v) is 5.24. The number of benzene rings is 2. The largest absolute Gasteiger partial charge is 0.492 e. The highest BCUT2D eigenvalue weighted by atomic mass is 16.5. The maximum atomic E-state index is 12.6. The summed E-state index contributed by atoms with van der Waals surface area (Å²) in [6.07, 6.45) is 1.40. The molecule has 0 radical (unpaired) electrons. The van der Waals surface area contributed by atoms with Gasteiger partial charge in [0.15, 0.2) is 0 Å². The standard InChI is InChI=1S/C23H30N2O2/c1-4-27-22-8-6-5-7-21(22)24-13-15-25(16-14-24)23(26)12-11-20-10-9-18(2)17-19(20)3/h5-10,17H,4,11-16H2,1-3H3. The molecule has 0 atom stereocenters. The lowest BCUT2D eigenvalue weighted by molar-refractivity contribution is -0.131. The SMILES string of the molecule is CCOc1ccccc1N1CCN(C(=O)CCc2ccc(C)cc2C)CC1. The summed E-state index contributed by atoms with van der Waals surface area (Å²) in [5.74, 6) is 1.18. The van der Waals surface area contributed by atoms with E-state index in [9.17, 15) is 4.79 Å². The zero-order valence-electron chi connectivity index (χ0n) is 16.7. The summed E-state index contributed by atoms with van der Waals surface area (Å²) in [6.45, 7) is 10.1.